The number of pyridine rings is 1. The van der Waals surface area contributed by atoms with Crippen LogP contribution >= 0.6 is 0 Å². The Morgan fingerprint density at radius 1 is 0.806 bits per heavy atom. The Bertz CT molecular complexity index is 1510. The second-order valence-electron chi connectivity index (χ2n) is 9.24. The summed E-state index contributed by atoms with van der Waals surface area (Å²) in [5.41, 5.74) is 7.75. The van der Waals surface area contributed by atoms with E-state index in [1.54, 1.807) is 0 Å². The third-order valence-corrected chi connectivity index (χ3v) is 7.20. The van der Waals surface area contributed by atoms with Crippen LogP contribution in [0.1, 0.15) is 42.6 Å². The summed E-state index contributed by atoms with van der Waals surface area (Å²) in [5, 5.41) is 2.16. The van der Waals surface area contributed by atoms with Gasteiger partial charge in [0.15, 0.2) is 0 Å². The summed E-state index contributed by atoms with van der Waals surface area (Å²) in [5.74, 6) is 1.35. The predicted molar refractivity (Wildman–Crippen MR) is 123 cm³/mol. The zero-order chi connectivity index (χ0) is 20.7. The van der Waals surface area contributed by atoms with Crippen molar-refractivity contribution in [2.75, 3.05) is 0 Å². The first kappa shape index (κ1) is 17.1. The van der Waals surface area contributed by atoms with Gasteiger partial charge in [-0.3, -0.25) is 4.98 Å². The number of benzene rings is 3. The number of para-hydroxylation sites is 2. The molecule has 1 aliphatic heterocycles. The fourth-order valence-electron chi connectivity index (χ4n) is 5.71. The number of hydrogen-bond donors (Lipinski definition) is 0. The molecule has 0 fully saturated rings. The highest BCUT2D eigenvalue weighted by molar-refractivity contribution is 6.05. The molecule has 0 amide bonds. The van der Waals surface area contributed by atoms with Gasteiger partial charge < -0.3 is 9.15 Å². The van der Waals surface area contributed by atoms with Crippen LogP contribution in [0.2, 0.25) is 0 Å². The molecule has 2 atom stereocenters. The van der Waals surface area contributed by atoms with E-state index in [-0.39, 0.29) is 11.5 Å². The quantitative estimate of drug-likeness (QED) is 0.298. The van der Waals surface area contributed by atoms with E-state index in [2.05, 4.69) is 68.4 Å². The standard InChI is InChI=1S/C28H21NO2/c1-28(2)21-12-11-16(13-19(21)27-26(28)18-8-4-6-10-24(18)31-27)22-14-25-20(15-29-22)17-7-3-5-9-23(17)30-25/h3-15,26-27H,1-2H3. The SMILES string of the molecule is CC1(C)c2ccc(-c3cc4oc5ccccc5c4cn3)cc2C2Oc3ccccc3C21. The predicted octanol–water partition coefficient (Wildman–Crippen LogP) is 7.16. The summed E-state index contributed by atoms with van der Waals surface area (Å²) in [6.45, 7) is 4.67. The molecular formula is C28H21NO2. The largest absolute Gasteiger partial charge is 0.485 e. The molecule has 0 N–H and O–H groups in total. The molecule has 3 heteroatoms. The molecule has 7 rings (SSSR count). The normalized spacial score (nSPS) is 20.5. The molecule has 0 saturated carbocycles. The first-order valence-electron chi connectivity index (χ1n) is 10.8. The van der Waals surface area contributed by atoms with Gasteiger partial charge in [-0.1, -0.05) is 62.4 Å². The topological polar surface area (TPSA) is 35.3 Å². The Labute approximate surface area is 180 Å². The number of rotatable bonds is 1. The van der Waals surface area contributed by atoms with Crippen LogP contribution in [-0.2, 0) is 5.41 Å². The van der Waals surface area contributed by atoms with Gasteiger partial charge >= 0.3 is 0 Å². The minimum Gasteiger partial charge on any atom is -0.485 e. The summed E-state index contributed by atoms with van der Waals surface area (Å²) < 4.78 is 12.5. The molecule has 2 aromatic heterocycles. The van der Waals surface area contributed by atoms with Crippen LogP contribution in [0.15, 0.2) is 83.4 Å². The fourth-order valence-corrected chi connectivity index (χ4v) is 5.71. The Morgan fingerprint density at radius 2 is 1.65 bits per heavy atom. The molecule has 1 aliphatic carbocycles. The molecule has 5 aromatic rings. The van der Waals surface area contributed by atoms with Gasteiger partial charge in [-0.25, -0.2) is 0 Å². The van der Waals surface area contributed by atoms with Crippen molar-refractivity contribution >= 4 is 21.9 Å². The van der Waals surface area contributed by atoms with E-state index in [0.29, 0.717) is 5.92 Å². The van der Waals surface area contributed by atoms with E-state index >= 15 is 0 Å². The van der Waals surface area contributed by atoms with Crippen LogP contribution < -0.4 is 4.74 Å². The van der Waals surface area contributed by atoms with Gasteiger partial charge in [0.1, 0.15) is 23.0 Å². The van der Waals surface area contributed by atoms with Crippen LogP contribution in [0, 0.1) is 0 Å². The van der Waals surface area contributed by atoms with Crippen molar-refractivity contribution < 1.29 is 9.15 Å². The van der Waals surface area contributed by atoms with E-state index < -0.39 is 0 Å². The molecule has 150 valence electrons. The molecule has 0 bridgehead atoms. The van der Waals surface area contributed by atoms with Gasteiger partial charge in [-0.05, 0) is 29.3 Å². The molecule has 3 aromatic carbocycles. The number of furan rings is 1. The van der Waals surface area contributed by atoms with Crippen LogP contribution in [0.4, 0.5) is 0 Å². The maximum Gasteiger partial charge on any atom is 0.139 e. The number of ether oxygens (including phenoxy) is 1. The molecule has 2 unspecified atom stereocenters. The minimum absolute atomic E-state index is 0.0151. The van der Waals surface area contributed by atoms with E-state index in [1.807, 2.05) is 24.4 Å². The van der Waals surface area contributed by atoms with Crippen molar-refractivity contribution in [2.24, 2.45) is 0 Å². The molecule has 31 heavy (non-hydrogen) atoms. The number of nitrogens with zero attached hydrogens (tertiary/aromatic N) is 1. The molecule has 0 spiro atoms. The van der Waals surface area contributed by atoms with Crippen molar-refractivity contribution in [3.63, 3.8) is 0 Å². The monoisotopic (exact) mass is 403 g/mol. The van der Waals surface area contributed by atoms with Crippen LogP contribution in [0.25, 0.3) is 33.2 Å². The third-order valence-electron chi connectivity index (χ3n) is 7.20. The van der Waals surface area contributed by atoms with Gasteiger partial charge in [0.2, 0.25) is 0 Å². The van der Waals surface area contributed by atoms with Gasteiger partial charge in [-0.15, -0.1) is 0 Å². The highest BCUT2D eigenvalue weighted by atomic mass is 16.5. The second-order valence-corrected chi connectivity index (χ2v) is 9.24. The van der Waals surface area contributed by atoms with Gasteiger partial charge in [0.25, 0.3) is 0 Å². The van der Waals surface area contributed by atoms with Gasteiger partial charge in [0, 0.05) is 45.5 Å². The second kappa shape index (κ2) is 5.76. The van der Waals surface area contributed by atoms with E-state index in [4.69, 9.17) is 14.1 Å². The maximum absolute atomic E-state index is 6.46. The fraction of sp³-hybridized carbons (Fsp3) is 0.179. The Morgan fingerprint density at radius 3 is 2.58 bits per heavy atom. The van der Waals surface area contributed by atoms with E-state index in [1.165, 1.54) is 16.7 Å². The van der Waals surface area contributed by atoms with E-state index in [9.17, 15) is 0 Å². The van der Waals surface area contributed by atoms with Gasteiger partial charge in [0.05, 0.1) is 5.69 Å². The molecule has 0 saturated heterocycles. The maximum atomic E-state index is 6.46. The summed E-state index contributed by atoms with van der Waals surface area (Å²) in [4.78, 5) is 4.79. The van der Waals surface area contributed by atoms with Crippen molar-refractivity contribution in [1.29, 1.82) is 0 Å². The summed E-state index contributed by atoms with van der Waals surface area (Å²) in [6, 6.07) is 25.3. The van der Waals surface area contributed by atoms with Crippen LogP contribution in [0.5, 0.6) is 5.75 Å². The number of aromatic nitrogens is 1. The van der Waals surface area contributed by atoms with Crippen LogP contribution in [-0.4, -0.2) is 4.98 Å². The summed E-state index contributed by atoms with van der Waals surface area (Å²) in [7, 11) is 0. The average Bonchev–Trinajstić information content (AvgIpc) is 3.42. The third kappa shape index (κ3) is 2.21. The summed E-state index contributed by atoms with van der Waals surface area (Å²) in [6.07, 6.45) is 1.98. The lowest BCUT2D eigenvalue weighted by atomic mass is 9.75. The van der Waals surface area contributed by atoms with Crippen molar-refractivity contribution in [2.45, 2.75) is 31.3 Å². The van der Waals surface area contributed by atoms with Gasteiger partial charge in [-0.2, -0.15) is 0 Å². The summed E-state index contributed by atoms with van der Waals surface area (Å²) >= 11 is 0. The highest BCUT2D eigenvalue weighted by Crippen LogP contribution is 2.61. The molecule has 3 nitrogen and oxygen atoms in total. The Balaban J connectivity index is 1.37. The lowest BCUT2D eigenvalue weighted by Gasteiger charge is -2.26. The molecule has 0 radical (unpaired) electrons. The zero-order valence-corrected chi connectivity index (χ0v) is 17.4. The number of fused-ring (bicyclic) bond motifs is 8. The molecule has 3 heterocycles. The number of hydrogen-bond acceptors (Lipinski definition) is 3. The van der Waals surface area contributed by atoms with Crippen molar-refractivity contribution in [3.05, 3.63) is 95.7 Å². The zero-order valence-electron chi connectivity index (χ0n) is 17.4. The lowest BCUT2D eigenvalue weighted by molar-refractivity contribution is 0.198. The Hall–Kier alpha value is -3.59. The van der Waals surface area contributed by atoms with Crippen molar-refractivity contribution in [1.82, 2.24) is 4.98 Å². The first-order chi connectivity index (χ1) is 15.1. The highest BCUT2D eigenvalue weighted by Gasteiger charge is 2.52. The lowest BCUT2D eigenvalue weighted by Crippen LogP contribution is -2.22. The average molecular weight is 403 g/mol. The first-order valence-corrected chi connectivity index (χ1v) is 10.8. The van der Waals surface area contributed by atoms with E-state index in [0.717, 1.165) is 38.9 Å². The Kier molecular flexibility index (Phi) is 3.18. The molecule has 2 aliphatic rings. The van der Waals surface area contributed by atoms with Crippen molar-refractivity contribution in [3.8, 4) is 17.0 Å². The van der Waals surface area contributed by atoms with Crippen LogP contribution in [0.3, 0.4) is 0 Å². The molecular weight excluding hydrogens is 382 g/mol. The minimum atomic E-state index is 0.0151. The smallest absolute Gasteiger partial charge is 0.139 e.